The molecule has 0 bridgehead atoms. The molecule has 3 aromatic rings. The molecule has 2 heterocycles. The number of carbonyl (C=O) groups is 1. The molecule has 4 rings (SSSR count). The van der Waals surface area contributed by atoms with E-state index in [9.17, 15) is 9.18 Å². The summed E-state index contributed by atoms with van der Waals surface area (Å²) in [6.45, 7) is 2.47. The van der Waals surface area contributed by atoms with Gasteiger partial charge in [-0.2, -0.15) is 0 Å². The van der Waals surface area contributed by atoms with Gasteiger partial charge in [-0.15, -0.1) is 0 Å². The van der Waals surface area contributed by atoms with E-state index in [2.05, 4.69) is 15.6 Å². The summed E-state index contributed by atoms with van der Waals surface area (Å²) in [7, 11) is 0. The van der Waals surface area contributed by atoms with Crippen molar-refractivity contribution in [3.05, 3.63) is 82.9 Å². The Morgan fingerprint density at radius 2 is 2.04 bits per heavy atom. The van der Waals surface area contributed by atoms with Gasteiger partial charge in [-0.1, -0.05) is 6.07 Å². The number of amides is 1. The van der Waals surface area contributed by atoms with E-state index in [-0.39, 0.29) is 11.7 Å². The lowest BCUT2D eigenvalue weighted by Crippen LogP contribution is -2.03. The van der Waals surface area contributed by atoms with Crippen molar-refractivity contribution >= 4 is 28.9 Å². The maximum Gasteiger partial charge on any atom is 0.256 e. The zero-order chi connectivity index (χ0) is 18.1. The van der Waals surface area contributed by atoms with Crippen molar-refractivity contribution in [1.82, 2.24) is 4.98 Å². The molecule has 0 radical (unpaired) electrons. The van der Waals surface area contributed by atoms with Crippen molar-refractivity contribution in [2.45, 2.75) is 13.5 Å². The maximum absolute atomic E-state index is 13.4. The van der Waals surface area contributed by atoms with Crippen LogP contribution in [-0.4, -0.2) is 10.9 Å². The van der Waals surface area contributed by atoms with Crippen LogP contribution in [0.1, 0.15) is 22.4 Å². The molecule has 1 aliphatic rings. The van der Waals surface area contributed by atoms with Gasteiger partial charge in [0, 0.05) is 35.4 Å². The number of aromatic nitrogens is 1. The summed E-state index contributed by atoms with van der Waals surface area (Å²) in [4.78, 5) is 15.4. The van der Waals surface area contributed by atoms with E-state index >= 15 is 0 Å². The number of fused-ring (bicyclic) bond motifs is 1. The van der Waals surface area contributed by atoms with Crippen molar-refractivity contribution in [1.29, 1.82) is 0 Å². The second kappa shape index (κ2) is 6.52. The number of halogens is 1. The molecule has 0 spiro atoms. The zero-order valence-electron chi connectivity index (χ0n) is 14.3. The lowest BCUT2D eigenvalue weighted by Gasteiger charge is -2.10. The van der Waals surface area contributed by atoms with Crippen molar-refractivity contribution < 1.29 is 9.18 Å². The first kappa shape index (κ1) is 16.1. The number of hydrogen-bond donors (Lipinski definition) is 3. The van der Waals surface area contributed by atoms with Crippen LogP contribution in [-0.2, 0) is 11.3 Å². The number of hydrogen-bond acceptors (Lipinski definition) is 2. The van der Waals surface area contributed by atoms with Crippen LogP contribution >= 0.6 is 0 Å². The Morgan fingerprint density at radius 3 is 2.85 bits per heavy atom. The molecule has 2 aromatic carbocycles. The predicted molar refractivity (Wildman–Crippen MR) is 102 cm³/mol. The Labute approximate surface area is 150 Å². The average Bonchev–Trinajstić information content (AvgIpc) is 3.24. The second-order valence-corrected chi connectivity index (χ2v) is 6.32. The molecular formula is C21H18FN3O. The van der Waals surface area contributed by atoms with Gasteiger partial charge in [-0.25, -0.2) is 4.39 Å². The Hall–Kier alpha value is -3.34. The molecule has 130 valence electrons. The number of nitrogens with one attached hydrogen (secondary N) is 3. The Morgan fingerprint density at radius 1 is 1.15 bits per heavy atom. The number of aryl methyl sites for hydroxylation is 1. The molecule has 0 unspecified atom stereocenters. The molecule has 0 atom stereocenters. The van der Waals surface area contributed by atoms with E-state index in [0.29, 0.717) is 12.1 Å². The summed E-state index contributed by atoms with van der Waals surface area (Å²) in [6.07, 6.45) is 3.65. The van der Waals surface area contributed by atoms with Gasteiger partial charge in [0.15, 0.2) is 0 Å². The maximum atomic E-state index is 13.4. The lowest BCUT2D eigenvalue weighted by atomic mass is 10.0. The van der Waals surface area contributed by atoms with Gasteiger partial charge < -0.3 is 15.6 Å². The summed E-state index contributed by atoms with van der Waals surface area (Å²) >= 11 is 0. The van der Waals surface area contributed by atoms with E-state index in [1.807, 2.05) is 49.5 Å². The predicted octanol–water partition coefficient (Wildman–Crippen LogP) is 4.57. The molecule has 0 saturated heterocycles. The van der Waals surface area contributed by atoms with E-state index in [1.54, 1.807) is 6.07 Å². The van der Waals surface area contributed by atoms with Crippen LogP contribution in [0, 0.1) is 12.7 Å². The average molecular weight is 347 g/mol. The minimum atomic E-state index is -0.243. The summed E-state index contributed by atoms with van der Waals surface area (Å²) in [6, 6.07) is 14.3. The summed E-state index contributed by atoms with van der Waals surface area (Å²) in [5, 5.41) is 6.19. The van der Waals surface area contributed by atoms with Crippen molar-refractivity contribution in [2.24, 2.45) is 0 Å². The molecule has 0 saturated carbocycles. The van der Waals surface area contributed by atoms with Crippen LogP contribution in [0.2, 0.25) is 0 Å². The fourth-order valence-corrected chi connectivity index (χ4v) is 3.06. The van der Waals surface area contributed by atoms with Gasteiger partial charge >= 0.3 is 0 Å². The minimum absolute atomic E-state index is 0.118. The number of benzene rings is 2. The molecule has 1 aromatic heterocycles. The molecule has 1 aliphatic heterocycles. The lowest BCUT2D eigenvalue weighted by molar-refractivity contribution is -0.110. The van der Waals surface area contributed by atoms with E-state index < -0.39 is 0 Å². The fraction of sp³-hybridized carbons (Fsp3) is 0.0952. The summed E-state index contributed by atoms with van der Waals surface area (Å²) < 4.78 is 13.4. The van der Waals surface area contributed by atoms with Gasteiger partial charge in [0.25, 0.3) is 5.91 Å². The van der Waals surface area contributed by atoms with Crippen molar-refractivity contribution in [3.8, 4) is 0 Å². The molecule has 3 N–H and O–H groups in total. The number of carbonyl (C=O) groups excluding carboxylic acids is 1. The molecular weight excluding hydrogens is 329 g/mol. The first-order valence-corrected chi connectivity index (χ1v) is 8.40. The topological polar surface area (TPSA) is 56.9 Å². The van der Waals surface area contributed by atoms with Crippen LogP contribution in [0.4, 0.5) is 15.8 Å². The molecule has 0 aliphatic carbocycles. The Bertz CT molecular complexity index is 1010. The molecule has 26 heavy (non-hydrogen) atoms. The van der Waals surface area contributed by atoms with Gasteiger partial charge in [-0.3, -0.25) is 4.79 Å². The normalized spacial score (nSPS) is 14.4. The van der Waals surface area contributed by atoms with E-state index in [4.69, 9.17) is 0 Å². The number of anilines is 2. The van der Waals surface area contributed by atoms with Crippen LogP contribution in [0.3, 0.4) is 0 Å². The van der Waals surface area contributed by atoms with Gasteiger partial charge in [-0.05, 0) is 66.6 Å². The van der Waals surface area contributed by atoms with Crippen LogP contribution in [0.5, 0.6) is 0 Å². The van der Waals surface area contributed by atoms with Crippen LogP contribution < -0.4 is 10.6 Å². The Kier molecular flexibility index (Phi) is 4.05. The number of H-pyrrole nitrogens is 1. The first-order valence-electron chi connectivity index (χ1n) is 8.40. The quantitative estimate of drug-likeness (QED) is 0.606. The van der Waals surface area contributed by atoms with Crippen LogP contribution in [0.25, 0.3) is 11.6 Å². The van der Waals surface area contributed by atoms with E-state index in [0.717, 1.165) is 33.8 Å². The third kappa shape index (κ3) is 3.11. The summed E-state index contributed by atoms with van der Waals surface area (Å²) in [5.41, 5.74) is 5.95. The third-order valence-corrected chi connectivity index (χ3v) is 4.52. The highest BCUT2D eigenvalue weighted by atomic mass is 19.1. The van der Waals surface area contributed by atoms with Crippen molar-refractivity contribution in [2.75, 3.05) is 10.6 Å². The molecule has 1 amide bonds. The highest BCUT2D eigenvalue weighted by Crippen LogP contribution is 2.35. The highest BCUT2D eigenvalue weighted by molar-refractivity contribution is 6.35. The molecule has 5 heteroatoms. The largest absolute Gasteiger partial charge is 0.381 e. The fourth-order valence-electron chi connectivity index (χ4n) is 3.06. The van der Waals surface area contributed by atoms with Crippen molar-refractivity contribution in [3.63, 3.8) is 0 Å². The van der Waals surface area contributed by atoms with Crippen LogP contribution in [0.15, 0.2) is 54.7 Å². The zero-order valence-corrected chi connectivity index (χ0v) is 14.3. The Balaban J connectivity index is 1.60. The standard InChI is InChI=1S/C21H18FN3O/c1-13-4-5-15(22)9-14(13)12-24-17-6-7-20-18(10-17)19(21(26)25-20)11-16-3-2-8-23-16/h2-11,23-24H,12H2,1H3,(H,25,26)/b19-11-. The SMILES string of the molecule is Cc1ccc(F)cc1CNc1ccc2c(c1)/C(=C/c1ccc[nH]1)C(=O)N2. The second-order valence-electron chi connectivity index (χ2n) is 6.32. The summed E-state index contributed by atoms with van der Waals surface area (Å²) in [5.74, 6) is -0.361. The third-order valence-electron chi connectivity index (χ3n) is 4.52. The van der Waals surface area contributed by atoms with Gasteiger partial charge in [0.1, 0.15) is 5.82 Å². The molecule has 0 fully saturated rings. The smallest absolute Gasteiger partial charge is 0.256 e. The highest BCUT2D eigenvalue weighted by Gasteiger charge is 2.24. The van der Waals surface area contributed by atoms with Gasteiger partial charge in [0.05, 0.1) is 5.57 Å². The van der Waals surface area contributed by atoms with E-state index in [1.165, 1.54) is 12.1 Å². The van der Waals surface area contributed by atoms with Gasteiger partial charge in [0.2, 0.25) is 0 Å². The minimum Gasteiger partial charge on any atom is -0.381 e. The molecule has 4 nitrogen and oxygen atoms in total. The number of rotatable bonds is 4. The monoisotopic (exact) mass is 347 g/mol. The number of aromatic amines is 1. The first-order chi connectivity index (χ1) is 12.6.